The summed E-state index contributed by atoms with van der Waals surface area (Å²) in [5, 5.41) is 10.4. The van der Waals surface area contributed by atoms with Crippen molar-refractivity contribution in [2.45, 2.75) is 38.7 Å². The molecule has 2 rings (SSSR count). The van der Waals surface area contributed by atoms with E-state index in [1.54, 1.807) is 0 Å². The maximum absolute atomic E-state index is 10.4. The Bertz CT molecular complexity index is 344. The number of para-hydroxylation sites is 1. The molecular weight excluding hydrogens is 200 g/mol. The molecule has 1 aromatic rings. The minimum atomic E-state index is -0.279. The fourth-order valence-electron chi connectivity index (χ4n) is 2.57. The number of rotatable bonds is 4. The normalized spacial score (nSPS) is 20.6. The first-order valence-corrected chi connectivity index (χ1v) is 6.17. The Morgan fingerprint density at radius 1 is 1.31 bits per heavy atom. The number of ether oxygens (including phenoxy) is 1. The minimum Gasteiger partial charge on any atom is -0.493 e. The highest BCUT2D eigenvalue weighted by atomic mass is 16.5. The molecule has 0 saturated carbocycles. The number of aliphatic hydroxyl groups is 1. The third kappa shape index (κ3) is 1.94. The highest BCUT2D eigenvalue weighted by molar-refractivity contribution is 5.40. The van der Waals surface area contributed by atoms with Gasteiger partial charge < -0.3 is 9.84 Å². The maximum atomic E-state index is 10.4. The van der Waals surface area contributed by atoms with Crippen molar-refractivity contribution in [1.82, 2.24) is 0 Å². The van der Waals surface area contributed by atoms with Crippen molar-refractivity contribution in [2.75, 3.05) is 6.61 Å². The summed E-state index contributed by atoms with van der Waals surface area (Å²) < 4.78 is 5.61. The monoisotopic (exact) mass is 220 g/mol. The zero-order valence-electron chi connectivity index (χ0n) is 10.0. The van der Waals surface area contributed by atoms with Crippen LogP contribution in [0, 0.1) is 5.92 Å². The van der Waals surface area contributed by atoms with Crippen LogP contribution >= 0.6 is 0 Å². The Labute approximate surface area is 97.3 Å². The summed E-state index contributed by atoms with van der Waals surface area (Å²) in [7, 11) is 0. The fourth-order valence-corrected chi connectivity index (χ4v) is 2.57. The number of aliphatic hydroxyl groups excluding tert-OH is 1. The Kier molecular flexibility index (Phi) is 3.49. The van der Waals surface area contributed by atoms with Gasteiger partial charge in [-0.25, -0.2) is 0 Å². The van der Waals surface area contributed by atoms with Crippen LogP contribution in [0.1, 0.15) is 38.2 Å². The van der Waals surface area contributed by atoms with Crippen LogP contribution in [0.25, 0.3) is 0 Å². The van der Waals surface area contributed by atoms with Crippen molar-refractivity contribution < 1.29 is 9.84 Å². The molecule has 1 aliphatic heterocycles. The van der Waals surface area contributed by atoms with Gasteiger partial charge in [0.1, 0.15) is 5.75 Å². The van der Waals surface area contributed by atoms with Gasteiger partial charge in [0.2, 0.25) is 0 Å². The van der Waals surface area contributed by atoms with Crippen LogP contribution in [0.15, 0.2) is 24.3 Å². The van der Waals surface area contributed by atoms with Crippen LogP contribution < -0.4 is 4.74 Å². The summed E-state index contributed by atoms with van der Waals surface area (Å²) in [5.74, 6) is 1.47. The van der Waals surface area contributed by atoms with E-state index >= 15 is 0 Å². The van der Waals surface area contributed by atoms with Gasteiger partial charge in [0.05, 0.1) is 12.7 Å². The Hall–Kier alpha value is -1.02. The topological polar surface area (TPSA) is 29.5 Å². The average molecular weight is 220 g/mol. The van der Waals surface area contributed by atoms with E-state index in [9.17, 15) is 5.11 Å². The van der Waals surface area contributed by atoms with Crippen LogP contribution in [0.4, 0.5) is 0 Å². The van der Waals surface area contributed by atoms with Crippen molar-refractivity contribution >= 4 is 0 Å². The van der Waals surface area contributed by atoms with Crippen LogP contribution in [0.2, 0.25) is 0 Å². The highest BCUT2D eigenvalue weighted by Gasteiger charge is 2.33. The van der Waals surface area contributed by atoms with E-state index in [0.29, 0.717) is 12.5 Å². The molecule has 0 saturated heterocycles. The Morgan fingerprint density at radius 3 is 2.69 bits per heavy atom. The van der Waals surface area contributed by atoms with Crippen LogP contribution in [0.5, 0.6) is 5.75 Å². The van der Waals surface area contributed by atoms with Crippen LogP contribution in [-0.4, -0.2) is 17.8 Å². The van der Waals surface area contributed by atoms with Crippen molar-refractivity contribution in [2.24, 2.45) is 5.92 Å². The summed E-state index contributed by atoms with van der Waals surface area (Å²) in [5.41, 5.74) is 1.17. The molecule has 0 amide bonds. The predicted molar refractivity (Wildman–Crippen MR) is 64.8 cm³/mol. The molecule has 0 spiro atoms. The molecular formula is C14H20O2. The number of fused-ring (bicyclic) bond motifs is 1. The van der Waals surface area contributed by atoms with Gasteiger partial charge in [-0.15, -0.1) is 0 Å². The first kappa shape index (κ1) is 11.5. The van der Waals surface area contributed by atoms with E-state index in [1.165, 1.54) is 5.56 Å². The SMILES string of the molecule is CCC(CC)C(O)C1COc2ccccc21. The van der Waals surface area contributed by atoms with Crippen molar-refractivity contribution in [1.29, 1.82) is 0 Å². The van der Waals surface area contributed by atoms with E-state index in [4.69, 9.17) is 4.74 Å². The van der Waals surface area contributed by atoms with Crippen molar-refractivity contribution in [3.05, 3.63) is 29.8 Å². The van der Waals surface area contributed by atoms with Crippen molar-refractivity contribution in [3.63, 3.8) is 0 Å². The molecule has 16 heavy (non-hydrogen) atoms. The van der Waals surface area contributed by atoms with Crippen LogP contribution in [-0.2, 0) is 0 Å². The van der Waals surface area contributed by atoms with Gasteiger partial charge in [-0.2, -0.15) is 0 Å². The average Bonchev–Trinajstić information content (AvgIpc) is 2.74. The van der Waals surface area contributed by atoms with Gasteiger partial charge in [0.25, 0.3) is 0 Å². The van der Waals surface area contributed by atoms with E-state index in [2.05, 4.69) is 19.9 Å². The lowest BCUT2D eigenvalue weighted by Gasteiger charge is -2.24. The fraction of sp³-hybridized carbons (Fsp3) is 0.571. The van der Waals surface area contributed by atoms with Gasteiger partial charge in [0.15, 0.2) is 0 Å². The summed E-state index contributed by atoms with van der Waals surface area (Å²) in [6.07, 6.45) is 1.77. The standard InChI is InChI=1S/C14H20O2/c1-3-10(4-2)14(15)12-9-16-13-8-6-5-7-11(12)13/h5-8,10,12,14-15H,3-4,9H2,1-2H3. The van der Waals surface area contributed by atoms with Crippen molar-refractivity contribution in [3.8, 4) is 5.75 Å². The number of hydrogen-bond acceptors (Lipinski definition) is 2. The highest BCUT2D eigenvalue weighted by Crippen LogP contribution is 2.38. The van der Waals surface area contributed by atoms with Gasteiger partial charge in [0, 0.05) is 11.5 Å². The zero-order valence-corrected chi connectivity index (χ0v) is 10.0. The molecule has 0 fully saturated rings. The summed E-state index contributed by atoms with van der Waals surface area (Å²) in [6, 6.07) is 8.04. The largest absolute Gasteiger partial charge is 0.493 e. The molecule has 2 nitrogen and oxygen atoms in total. The van der Waals surface area contributed by atoms with E-state index in [-0.39, 0.29) is 12.0 Å². The minimum absolute atomic E-state index is 0.154. The molecule has 1 aromatic carbocycles. The first-order chi connectivity index (χ1) is 7.77. The second kappa shape index (κ2) is 4.88. The molecule has 0 bridgehead atoms. The van der Waals surface area contributed by atoms with E-state index in [0.717, 1.165) is 18.6 Å². The second-order valence-electron chi connectivity index (χ2n) is 4.52. The molecule has 0 aromatic heterocycles. The lowest BCUT2D eigenvalue weighted by molar-refractivity contribution is 0.0677. The molecule has 2 atom stereocenters. The summed E-state index contributed by atoms with van der Waals surface area (Å²) in [4.78, 5) is 0. The van der Waals surface area contributed by atoms with Gasteiger partial charge in [-0.1, -0.05) is 44.9 Å². The molecule has 1 N–H and O–H groups in total. The second-order valence-corrected chi connectivity index (χ2v) is 4.52. The molecule has 2 heteroatoms. The molecule has 2 unspecified atom stereocenters. The zero-order chi connectivity index (χ0) is 11.5. The molecule has 0 aliphatic carbocycles. The lowest BCUT2D eigenvalue weighted by Crippen LogP contribution is -2.28. The molecule has 0 radical (unpaired) electrons. The summed E-state index contributed by atoms with van der Waals surface area (Å²) in [6.45, 7) is 4.90. The van der Waals surface area contributed by atoms with E-state index in [1.807, 2.05) is 18.2 Å². The third-order valence-corrected chi connectivity index (χ3v) is 3.68. The quantitative estimate of drug-likeness (QED) is 0.845. The lowest BCUT2D eigenvalue weighted by atomic mass is 9.84. The number of hydrogen-bond donors (Lipinski definition) is 1. The predicted octanol–water partition coefficient (Wildman–Crippen LogP) is 2.96. The molecule has 1 heterocycles. The molecule has 88 valence electrons. The van der Waals surface area contributed by atoms with Crippen LogP contribution in [0.3, 0.4) is 0 Å². The van der Waals surface area contributed by atoms with E-state index < -0.39 is 0 Å². The maximum Gasteiger partial charge on any atom is 0.123 e. The van der Waals surface area contributed by atoms with Gasteiger partial charge in [-0.3, -0.25) is 0 Å². The molecule has 1 aliphatic rings. The third-order valence-electron chi connectivity index (χ3n) is 3.68. The Balaban J connectivity index is 2.18. The Morgan fingerprint density at radius 2 is 2.00 bits per heavy atom. The summed E-state index contributed by atoms with van der Waals surface area (Å²) >= 11 is 0. The first-order valence-electron chi connectivity index (χ1n) is 6.17. The van der Waals surface area contributed by atoms with Gasteiger partial charge in [-0.05, 0) is 12.0 Å². The van der Waals surface area contributed by atoms with Gasteiger partial charge >= 0.3 is 0 Å². The smallest absolute Gasteiger partial charge is 0.123 e. The number of benzene rings is 1.